The van der Waals surface area contributed by atoms with E-state index in [1.165, 1.54) is 24.9 Å². The van der Waals surface area contributed by atoms with Crippen molar-refractivity contribution in [2.75, 3.05) is 31.1 Å². The van der Waals surface area contributed by atoms with Crippen LogP contribution in [0.2, 0.25) is 0 Å². The first-order chi connectivity index (χ1) is 15.1. The number of H-pyrrole nitrogens is 1. The van der Waals surface area contributed by atoms with Crippen molar-refractivity contribution in [3.05, 3.63) is 62.0 Å². The first kappa shape index (κ1) is 20.5. The molecule has 1 aromatic heterocycles. The Morgan fingerprint density at radius 2 is 1.77 bits per heavy atom. The van der Waals surface area contributed by atoms with Gasteiger partial charge in [-0.3, -0.25) is 19.7 Å². The van der Waals surface area contributed by atoms with Crippen LogP contribution in [0.3, 0.4) is 0 Å². The molecule has 7 heteroatoms. The van der Waals surface area contributed by atoms with Crippen LogP contribution in [0, 0.1) is 3.57 Å². The molecule has 1 saturated carbocycles. The number of pyridine rings is 1. The van der Waals surface area contributed by atoms with Crippen molar-refractivity contribution in [2.24, 2.45) is 4.99 Å². The van der Waals surface area contributed by atoms with E-state index in [0.717, 1.165) is 41.5 Å². The van der Waals surface area contributed by atoms with Crippen molar-refractivity contribution < 1.29 is 5.11 Å². The first-order valence-corrected chi connectivity index (χ1v) is 11.8. The van der Waals surface area contributed by atoms with Crippen LogP contribution >= 0.6 is 22.6 Å². The molecule has 160 valence electrons. The fraction of sp³-hybridized carbons (Fsp3) is 0.333. The van der Waals surface area contributed by atoms with Crippen molar-refractivity contribution in [2.45, 2.75) is 25.3 Å². The average molecular weight is 528 g/mol. The lowest BCUT2D eigenvalue weighted by Crippen LogP contribution is -2.52. The van der Waals surface area contributed by atoms with Crippen LogP contribution in [0.15, 0.2) is 52.3 Å². The number of fused-ring (bicyclic) bond motifs is 1. The molecular formula is C24H25IN4O2. The van der Waals surface area contributed by atoms with Gasteiger partial charge in [0.15, 0.2) is 0 Å². The van der Waals surface area contributed by atoms with Gasteiger partial charge < -0.3 is 10.0 Å². The van der Waals surface area contributed by atoms with E-state index in [1.807, 2.05) is 24.3 Å². The summed E-state index contributed by atoms with van der Waals surface area (Å²) in [4.78, 5) is 24.3. The predicted molar refractivity (Wildman–Crippen MR) is 134 cm³/mol. The lowest BCUT2D eigenvalue weighted by molar-refractivity contribution is 0.120. The number of benzene rings is 2. The second-order valence-electron chi connectivity index (χ2n) is 8.29. The SMILES string of the molecule is O=c1[nH]c(O)c(C=Nc2ccc(N3CCN(C4CCC4)CC3)cc2)c2cc(I)ccc12. The molecule has 5 rings (SSSR count). The van der Waals surface area contributed by atoms with E-state index < -0.39 is 0 Å². The van der Waals surface area contributed by atoms with Crippen molar-refractivity contribution in [1.29, 1.82) is 0 Å². The standard InChI is InChI=1S/C24H25IN4O2/c25-16-4-9-20-21(14-16)22(24(31)27-23(20)30)15-26-17-5-7-19(8-6-17)29-12-10-28(11-13-29)18-2-1-3-18/h4-9,14-15,18H,1-3,10-13H2,(H2,27,30,31). The maximum Gasteiger partial charge on any atom is 0.258 e. The molecule has 2 N–H and O–H groups in total. The van der Waals surface area contributed by atoms with Crippen LogP contribution in [-0.2, 0) is 0 Å². The van der Waals surface area contributed by atoms with E-state index >= 15 is 0 Å². The van der Waals surface area contributed by atoms with Gasteiger partial charge in [0, 0.05) is 58.5 Å². The molecule has 0 radical (unpaired) electrons. The molecule has 0 spiro atoms. The predicted octanol–water partition coefficient (Wildman–Crippen LogP) is 4.26. The zero-order valence-corrected chi connectivity index (χ0v) is 19.4. The van der Waals surface area contributed by atoms with E-state index in [2.05, 4.69) is 54.5 Å². The fourth-order valence-corrected chi connectivity index (χ4v) is 4.91. The minimum absolute atomic E-state index is 0.163. The summed E-state index contributed by atoms with van der Waals surface area (Å²) in [5.74, 6) is -0.163. The number of piperazine rings is 1. The summed E-state index contributed by atoms with van der Waals surface area (Å²) in [5.41, 5.74) is 2.24. The number of aliphatic imine (C=N–C) groups is 1. The summed E-state index contributed by atoms with van der Waals surface area (Å²) in [5, 5.41) is 11.5. The lowest BCUT2D eigenvalue weighted by Gasteiger charge is -2.43. The smallest absolute Gasteiger partial charge is 0.258 e. The van der Waals surface area contributed by atoms with Gasteiger partial charge in [-0.2, -0.15) is 0 Å². The minimum atomic E-state index is -0.303. The number of aromatic hydroxyl groups is 1. The minimum Gasteiger partial charge on any atom is -0.494 e. The maximum atomic E-state index is 12.1. The molecule has 2 aromatic carbocycles. The van der Waals surface area contributed by atoms with Crippen LogP contribution in [0.1, 0.15) is 24.8 Å². The molecule has 3 aromatic rings. The molecule has 0 bridgehead atoms. The Kier molecular flexibility index (Phi) is 5.71. The van der Waals surface area contributed by atoms with Gasteiger partial charge in [-0.25, -0.2) is 0 Å². The summed E-state index contributed by atoms with van der Waals surface area (Å²) in [6, 6.07) is 14.6. The van der Waals surface area contributed by atoms with Gasteiger partial charge in [-0.1, -0.05) is 6.42 Å². The number of hydrogen-bond donors (Lipinski definition) is 2. The van der Waals surface area contributed by atoms with E-state index in [4.69, 9.17) is 0 Å². The number of halogens is 1. The van der Waals surface area contributed by atoms with Crippen molar-refractivity contribution in [3.8, 4) is 5.88 Å². The third-order valence-corrected chi connectivity index (χ3v) is 7.14. The van der Waals surface area contributed by atoms with Crippen LogP contribution < -0.4 is 10.5 Å². The third-order valence-electron chi connectivity index (χ3n) is 6.47. The van der Waals surface area contributed by atoms with Crippen LogP contribution in [0.5, 0.6) is 5.88 Å². The summed E-state index contributed by atoms with van der Waals surface area (Å²) < 4.78 is 0.992. The van der Waals surface area contributed by atoms with E-state index in [1.54, 1.807) is 12.3 Å². The number of aromatic nitrogens is 1. The first-order valence-electron chi connectivity index (χ1n) is 10.8. The average Bonchev–Trinajstić information content (AvgIpc) is 2.73. The molecule has 1 aliphatic heterocycles. The number of aromatic amines is 1. The van der Waals surface area contributed by atoms with Crippen molar-refractivity contribution >= 4 is 51.0 Å². The zero-order chi connectivity index (χ0) is 21.4. The molecule has 0 atom stereocenters. The molecular weight excluding hydrogens is 503 g/mol. The monoisotopic (exact) mass is 528 g/mol. The van der Waals surface area contributed by atoms with Gasteiger partial charge in [0.2, 0.25) is 5.88 Å². The zero-order valence-electron chi connectivity index (χ0n) is 17.2. The van der Waals surface area contributed by atoms with E-state index in [9.17, 15) is 9.90 Å². The van der Waals surface area contributed by atoms with Gasteiger partial charge in [-0.15, -0.1) is 0 Å². The third kappa shape index (κ3) is 4.21. The molecule has 2 aliphatic rings. The van der Waals surface area contributed by atoms with Crippen LogP contribution in [0.25, 0.3) is 10.8 Å². The Hall–Kier alpha value is -2.39. The molecule has 2 fully saturated rings. The molecule has 1 aliphatic carbocycles. The molecule has 0 unspecified atom stereocenters. The van der Waals surface area contributed by atoms with E-state index in [-0.39, 0.29) is 11.4 Å². The van der Waals surface area contributed by atoms with Gasteiger partial charge >= 0.3 is 0 Å². The second kappa shape index (κ2) is 8.63. The molecule has 31 heavy (non-hydrogen) atoms. The van der Waals surface area contributed by atoms with Crippen molar-refractivity contribution in [3.63, 3.8) is 0 Å². The molecule has 2 heterocycles. The summed E-state index contributed by atoms with van der Waals surface area (Å²) >= 11 is 2.20. The summed E-state index contributed by atoms with van der Waals surface area (Å²) in [6.45, 7) is 4.41. The van der Waals surface area contributed by atoms with Gasteiger partial charge in [0.25, 0.3) is 5.56 Å². The van der Waals surface area contributed by atoms with Crippen molar-refractivity contribution in [1.82, 2.24) is 9.88 Å². The summed E-state index contributed by atoms with van der Waals surface area (Å²) in [7, 11) is 0. The van der Waals surface area contributed by atoms with Gasteiger partial charge in [0.05, 0.1) is 11.3 Å². The Morgan fingerprint density at radius 3 is 2.45 bits per heavy atom. The number of nitrogens with one attached hydrogen (secondary N) is 1. The second-order valence-corrected chi connectivity index (χ2v) is 9.53. The highest BCUT2D eigenvalue weighted by atomic mass is 127. The van der Waals surface area contributed by atoms with Gasteiger partial charge in [0.1, 0.15) is 0 Å². The number of rotatable bonds is 4. The van der Waals surface area contributed by atoms with Crippen LogP contribution in [0.4, 0.5) is 11.4 Å². The number of anilines is 1. The molecule has 0 amide bonds. The fourth-order valence-electron chi connectivity index (χ4n) is 4.42. The summed E-state index contributed by atoms with van der Waals surface area (Å²) in [6.07, 6.45) is 5.74. The highest BCUT2D eigenvalue weighted by Gasteiger charge is 2.27. The number of hydrogen-bond acceptors (Lipinski definition) is 5. The van der Waals surface area contributed by atoms with E-state index in [0.29, 0.717) is 16.3 Å². The Labute approximate surface area is 194 Å². The normalized spacial score (nSPS) is 18.0. The Morgan fingerprint density at radius 1 is 1.03 bits per heavy atom. The molecule has 6 nitrogen and oxygen atoms in total. The largest absolute Gasteiger partial charge is 0.494 e. The quantitative estimate of drug-likeness (QED) is 0.392. The van der Waals surface area contributed by atoms with Crippen LogP contribution in [-0.4, -0.2) is 53.4 Å². The molecule has 1 saturated heterocycles. The maximum absolute atomic E-state index is 12.1. The highest BCUT2D eigenvalue weighted by molar-refractivity contribution is 14.1. The lowest BCUT2D eigenvalue weighted by atomic mass is 9.91. The Balaban J connectivity index is 1.32. The topological polar surface area (TPSA) is 71.9 Å². The number of nitrogens with zero attached hydrogens (tertiary/aromatic N) is 3. The Bertz CT molecular complexity index is 1180. The highest BCUT2D eigenvalue weighted by Crippen LogP contribution is 2.28. The van der Waals surface area contributed by atoms with Gasteiger partial charge in [-0.05, 0) is 77.9 Å².